The number of carbonyl (C=O) groups is 1. The maximum Gasteiger partial charge on any atom is 0.356 e. The van der Waals surface area contributed by atoms with Crippen molar-refractivity contribution >= 4 is 52.2 Å². The molecule has 1 atom stereocenters. The summed E-state index contributed by atoms with van der Waals surface area (Å²) >= 11 is 12.7. The van der Waals surface area contributed by atoms with E-state index in [9.17, 15) is 15.0 Å². The SMILES string of the molecule is CCOC(=O)C(=N)/C(=C(\[NH2+]c1cnc(N(C)C)nc1OC)C(C)C)C(Nc1cc(Cl)cn(Cc2ccc(OC)cc2)c1=O)c1ccc(Cl)c(F)c1. The molecular weight excluding hydrogens is 700 g/mol. The van der Waals surface area contributed by atoms with Gasteiger partial charge in [-0.15, -0.1) is 0 Å². The van der Waals surface area contributed by atoms with Crippen LogP contribution in [0, 0.1) is 17.1 Å². The van der Waals surface area contributed by atoms with Crippen LogP contribution in [0.3, 0.4) is 0 Å². The van der Waals surface area contributed by atoms with Crippen molar-refractivity contribution in [3.8, 4) is 11.6 Å². The normalized spacial score (nSPS) is 12.2. The van der Waals surface area contributed by atoms with Crippen molar-refractivity contribution in [1.82, 2.24) is 14.5 Å². The number of rotatable bonds is 15. The number of halogens is 3. The molecule has 0 aliphatic heterocycles. The van der Waals surface area contributed by atoms with Gasteiger partial charge in [0.2, 0.25) is 11.6 Å². The molecule has 2 heterocycles. The average Bonchev–Trinajstić information content (AvgIpc) is 3.10. The predicted molar refractivity (Wildman–Crippen MR) is 196 cm³/mol. The summed E-state index contributed by atoms with van der Waals surface area (Å²) in [5.41, 5.74) is 1.14. The monoisotopic (exact) mass is 740 g/mol. The highest BCUT2D eigenvalue weighted by molar-refractivity contribution is 6.42. The first-order valence-corrected chi connectivity index (χ1v) is 16.7. The highest BCUT2D eigenvalue weighted by atomic mass is 35.5. The van der Waals surface area contributed by atoms with Crippen molar-refractivity contribution < 1.29 is 28.7 Å². The molecule has 0 aliphatic carbocycles. The Kier molecular flexibility index (Phi) is 13.2. The van der Waals surface area contributed by atoms with Crippen molar-refractivity contribution in [3.05, 3.63) is 110 Å². The minimum atomic E-state index is -1.17. The first-order chi connectivity index (χ1) is 24.3. The first-order valence-electron chi connectivity index (χ1n) is 15.9. The van der Waals surface area contributed by atoms with Gasteiger partial charge >= 0.3 is 5.97 Å². The molecule has 4 N–H and O–H groups in total. The van der Waals surface area contributed by atoms with E-state index in [1.807, 2.05) is 26.0 Å². The van der Waals surface area contributed by atoms with Crippen LogP contribution in [0.4, 0.5) is 21.7 Å². The molecule has 0 saturated carbocycles. The number of anilines is 2. The van der Waals surface area contributed by atoms with Gasteiger partial charge in [0.1, 0.15) is 23.0 Å². The lowest BCUT2D eigenvalue weighted by Gasteiger charge is -2.26. The van der Waals surface area contributed by atoms with Crippen LogP contribution in [0.25, 0.3) is 0 Å². The maximum atomic E-state index is 15.2. The fraction of sp³-hybridized carbons (Fsp3) is 0.306. The van der Waals surface area contributed by atoms with Crippen molar-refractivity contribution in [3.63, 3.8) is 0 Å². The van der Waals surface area contributed by atoms with Crippen LogP contribution >= 0.6 is 23.2 Å². The molecule has 51 heavy (non-hydrogen) atoms. The second-order valence-electron chi connectivity index (χ2n) is 11.9. The second kappa shape index (κ2) is 17.3. The first kappa shape index (κ1) is 38.8. The fourth-order valence-corrected chi connectivity index (χ4v) is 5.60. The Morgan fingerprint density at radius 1 is 1.10 bits per heavy atom. The third-order valence-electron chi connectivity index (χ3n) is 7.78. The zero-order valence-corrected chi connectivity index (χ0v) is 30.9. The number of allylic oxidation sites excluding steroid dienone is 1. The molecule has 0 aliphatic rings. The van der Waals surface area contributed by atoms with Gasteiger partial charge in [0, 0.05) is 26.2 Å². The molecule has 4 aromatic rings. The van der Waals surface area contributed by atoms with E-state index >= 15 is 4.39 Å². The third-order valence-corrected chi connectivity index (χ3v) is 8.30. The molecule has 0 spiro atoms. The van der Waals surface area contributed by atoms with Crippen LogP contribution in [-0.2, 0) is 16.1 Å². The summed E-state index contributed by atoms with van der Waals surface area (Å²) in [5.74, 6) is -0.698. The summed E-state index contributed by atoms with van der Waals surface area (Å²) in [7, 11) is 6.61. The van der Waals surface area contributed by atoms with Crippen LogP contribution in [0.15, 0.2) is 77.0 Å². The summed E-state index contributed by atoms with van der Waals surface area (Å²) in [6.45, 7) is 5.54. The molecular formula is C36H41Cl2FN7O5+. The summed E-state index contributed by atoms with van der Waals surface area (Å²) in [5, 5.41) is 14.2. The Bertz CT molecular complexity index is 1980. The summed E-state index contributed by atoms with van der Waals surface area (Å²) in [6.07, 6.45) is 3.07. The fourth-order valence-electron chi connectivity index (χ4n) is 5.25. The lowest BCUT2D eigenvalue weighted by Crippen LogP contribution is -2.78. The van der Waals surface area contributed by atoms with E-state index in [1.54, 1.807) is 62.7 Å². The molecule has 15 heteroatoms. The predicted octanol–water partition coefficient (Wildman–Crippen LogP) is 5.76. The second-order valence-corrected chi connectivity index (χ2v) is 12.7. The largest absolute Gasteiger partial charge is 0.497 e. The molecule has 12 nitrogen and oxygen atoms in total. The summed E-state index contributed by atoms with van der Waals surface area (Å²) < 4.78 is 32.7. The molecule has 1 unspecified atom stereocenters. The van der Waals surface area contributed by atoms with Gasteiger partial charge in [-0.05, 0) is 48.4 Å². The molecule has 4 rings (SSSR count). The number of ether oxygens (including phenoxy) is 3. The van der Waals surface area contributed by atoms with Gasteiger partial charge in [0.05, 0.1) is 55.2 Å². The van der Waals surface area contributed by atoms with Crippen LogP contribution < -0.4 is 30.6 Å². The molecule has 2 aromatic carbocycles. The number of methoxy groups -OCH3 is 2. The van der Waals surface area contributed by atoms with E-state index in [4.69, 9.17) is 37.4 Å². The van der Waals surface area contributed by atoms with Crippen LogP contribution in [0.2, 0.25) is 10.0 Å². The number of benzene rings is 2. The van der Waals surface area contributed by atoms with Gasteiger partial charge in [-0.2, -0.15) is 4.98 Å². The van der Waals surface area contributed by atoms with Gasteiger partial charge in [-0.1, -0.05) is 55.2 Å². The minimum absolute atomic E-state index is 0.000903. The van der Waals surface area contributed by atoms with Crippen LogP contribution in [0.1, 0.15) is 37.9 Å². The summed E-state index contributed by atoms with van der Waals surface area (Å²) in [6, 6.07) is 11.6. The van der Waals surface area contributed by atoms with E-state index in [0.29, 0.717) is 23.1 Å². The Balaban J connectivity index is 1.97. The van der Waals surface area contributed by atoms with Crippen molar-refractivity contribution in [1.29, 1.82) is 5.41 Å². The van der Waals surface area contributed by atoms with Gasteiger partial charge < -0.3 is 29.0 Å². The van der Waals surface area contributed by atoms with Gasteiger partial charge in [0.25, 0.3) is 11.4 Å². The molecule has 0 radical (unpaired) electrons. The Morgan fingerprint density at radius 3 is 2.39 bits per heavy atom. The van der Waals surface area contributed by atoms with Crippen LogP contribution in [0.5, 0.6) is 11.6 Å². The number of esters is 1. The number of quaternary nitrogens is 1. The van der Waals surface area contributed by atoms with Crippen LogP contribution in [-0.4, -0.2) is 61.1 Å². The number of pyridine rings is 1. The third kappa shape index (κ3) is 9.43. The molecule has 0 saturated heterocycles. The smallest absolute Gasteiger partial charge is 0.356 e. The Morgan fingerprint density at radius 2 is 1.80 bits per heavy atom. The number of hydrogen-bond donors (Lipinski definition) is 3. The van der Waals surface area contributed by atoms with Gasteiger partial charge in [0.15, 0.2) is 5.71 Å². The minimum Gasteiger partial charge on any atom is -0.497 e. The van der Waals surface area contributed by atoms with E-state index < -0.39 is 29.1 Å². The molecule has 2 aromatic heterocycles. The Labute approximate surface area is 305 Å². The zero-order chi connectivity index (χ0) is 37.4. The zero-order valence-electron chi connectivity index (χ0n) is 29.4. The molecule has 0 bridgehead atoms. The Hall–Kier alpha value is -4.98. The summed E-state index contributed by atoms with van der Waals surface area (Å²) in [4.78, 5) is 38.0. The number of nitrogens with zero attached hydrogens (tertiary/aromatic N) is 4. The topological polar surface area (TPSA) is 148 Å². The lowest BCUT2D eigenvalue weighted by atomic mass is 9.89. The lowest BCUT2D eigenvalue weighted by molar-refractivity contribution is -0.526. The molecule has 270 valence electrons. The maximum absolute atomic E-state index is 15.2. The van der Waals surface area contributed by atoms with Crippen molar-refractivity contribution in [2.24, 2.45) is 5.92 Å². The molecule has 0 fully saturated rings. The number of nitrogens with two attached hydrogens (primary N) is 1. The van der Waals surface area contributed by atoms with Gasteiger partial charge in [-0.3, -0.25) is 15.5 Å². The van der Waals surface area contributed by atoms with E-state index in [2.05, 4.69) is 15.3 Å². The van der Waals surface area contributed by atoms with Crippen molar-refractivity contribution in [2.45, 2.75) is 33.4 Å². The number of carbonyl (C=O) groups excluding carboxylic acids is 1. The quantitative estimate of drug-likeness (QED) is 0.102. The number of nitrogens with one attached hydrogen (secondary N) is 2. The van der Waals surface area contributed by atoms with Gasteiger partial charge in [-0.25, -0.2) is 14.2 Å². The highest BCUT2D eigenvalue weighted by Gasteiger charge is 2.34. The van der Waals surface area contributed by atoms with E-state index in [1.165, 1.54) is 36.1 Å². The number of hydrogen-bond acceptors (Lipinski definition) is 10. The van der Waals surface area contributed by atoms with Crippen molar-refractivity contribution in [2.75, 3.05) is 45.1 Å². The average molecular weight is 742 g/mol. The standard InChI is InChI=1S/C36H40Cl2FN7O5/c1-8-51-35(48)30(40)29(31(20(2)3)43-28-17-41-36(45(4)5)44-33(28)50-7)32(22-11-14-25(38)26(39)15-22)42-27-16-23(37)19-46(34(27)47)18-21-9-12-24(49-6)13-10-21/h9-17,19-20,32,40,42-43H,8,18H2,1-7H3/p+1/b31-29+,40-30?. The highest BCUT2D eigenvalue weighted by Crippen LogP contribution is 2.33. The number of aromatic nitrogens is 3. The van der Waals surface area contributed by atoms with E-state index in [-0.39, 0.29) is 51.8 Å². The van der Waals surface area contributed by atoms with E-state index in [0.717, 1.165) is 5.56 Å². The molecule has 0 amide bonds.